The van der Waals surface area contributed by atoms with E-state index in [1.807, 2.05) is 0 Å². The van der Waals surface area contributed by atoms with Gasteiger partial charge in [0.05, 0.1) is 17.0 Å². The summed E-state index contributed by atoms with van der Waals surface area (Å²) in [6.07, 6.45) is 6.52. The Hall–Kier alpha value is -1.17. The number of hydrogen-bond donors (Lipinski definition) is 0. The van der Waals surface area contributed by atoms with Gasteiger partial charge in [-0.3, -0.25) is 0 Å². The summed E-state index contributed by atoms with van der Waals surface area (Å²) in [5.41, 5.74) is 2.80. The van der Waals surface area contributed by atoms with Gasteiger partial charge in [-0.2, -0.15) is 0 Å². The predicted molar refractivity (Wildman–Crippen MR) is 47.4 cm³/mol. The van der Waals surface area contributed by atoms with Gasteiger partial charge in [0.15, 0.2) is 0 Å². The molecule has 2 rings (SSSR count). The first-order valence-electron chi connectivity index (χ1n) is 3.98. The zero-order valence-electron chi connectivity index (χ0n) is 6.62. The van der Waals surface area contributed by atoms with Gasteiger partial charge in [-0.25, -0.2) is 0 Å². The number of benzene rings is 1. The third-order valence-electron chi connectivity index (χ3n) is 2.16. The van der Waals surface area contributed by atoms with Crippen LogP contribution in [0.25, 0.3) is 0 Å². The van der Waals surface area contributed by atoms with Crippen LogP contribution in [0.1, 0.15) is 24.0 Å². The highest BCUT2D eigenvalue weighted by Gasteiger charge is 2.17. The summed E-state index contributed by atoms with van der Waals surface area (Å²) in [6, 6.07) is 8.54. The van der Waals surface area contributed by atoms with Gasteiger partial charge in [-0.15, -0.1) is 0 Å². The summed E-state index contributed by atoms with van der Waals surface area (Å²) in [6.45, 7) is 2.22. The topological polar surface area (TPSA) is 0 Å². The Bertz CT molecular complexity index is 284. The molecule has 0 spiro atoms. The van der Waals surface area contributed by atoms with E-state index in [2.05, 4.69) is 49.8 Å². The second-order valence-electron chi connectivity index (χ2n) is 2.97. The van der Waals surface area contributed by atoms with Crippen molar-refractivity contribution in [2.75, 3.05) is 0 Å². The van der Waals surface area contributed by atoms with Crippen LogP contribution in [0.3, 0.4) is 0 Å². The van der Waals surface area contributed by atoms with E-state index in [1.165, 1.54) is 11.1 Å². The lowest BCUT2D eigenvalue weighted by molar-refractivity contribution is 0.940. The molecular formula is C11H11+. The fourth-order valence-electron chi connectivity index (χ4n) is 1.51. The van der Waals surface area contributed by atoms with E-state index >= 15 is 0 Å². The molecule has 0 N–H and O–H groups in total. The minimum atomic E-state index is 0.580. The van der Waals surface area contributed by atoms with Crippen molar-refractivity contribution in [1.82, 2.24) is 0 Å². The van der Waals surface area contributed by atoms with E-state index in [-0.39, 0.29) is 0 Å². The monoisotopic (exact) mass is 143 g/mol. The van der Waals surface area contributed by atoms with Crippen LogP contribution < -0.4 is 0 Å². The number of hydrogen-bond acceptors (Lipinski definition) is 0. The van der Waals surface area contributed by atoms with E-state index in [0.29, 0.717) is 5.92 Å². The standard InChI is InChI=1S/C11H11/c1-9-5-4-7-10-6-2-3-8-11(9)10/h2-9H,1H3/q+1. The van der Waals surface area contributed by atoms with Crippen LogP contribution in [-0.4, -0.2) is 0 Å². The van der Waals surface area contributed by atoms with E-state index in [4.69, 9.17) is 0 Å². The third kappa shape index (κ3) is 1.05. The summed E-state index contributed by atoms with van der Waals surface area (Å²) in [4.78, 5) is 0. The Morgan fingerprint density at radius 2 is 2.09 bits per heavy atom. The highest BCUT2D eigenvalue weighted by Crippen LogP contribution is 2.26. The zero-order chi connectivity index (χ0) is 7.68. The molecule has 0 heterocycles. The van der Waals surface area contributed by atoms with Gasteiger partial charge in [-0.1, -0.05) is 0 Å². The normalized spacial score (nSPS) is 20.6. The Morgan fingerprint density at radius 3 is 2.91 bits per heavy atom. The zero-order valence-corrected chi connectivity index (χ0v) is 6.62. The Labute approximate surface area is 67.6 Å². The average Bonchev–Trinajstić information content (AvgIpc) is 2.06. The highest BCUT2D eigenvalue weighted by molar-refractivity contribution is 5.43. The quantitative estimate of drug-likeness (QED) is 0.490. The van der Waals surface area contributed by atoms with Gasteiger partial charge in [-0.05, 0) is 31.2 Å². The van der Waals surface area contributed by atoms with E-state index in [9.17, 15) is 0 Å². The maximum atomic E-state index is 2.22. The molecule has 1 atom stereocenters. The minimum absolute atomic E-state index is 0.580. The molecule has 0 aromatic heterocycles. The van der Waals surface area contributed by atoms with Crippen molar-refractivity contribution in [2.24, 2.45) is 0 Å². The fraction of sp³-hybridized carbons (Fsp3) is 0.182. The molecule has 0 bridgehead atoms. The van der Waals surface area contributed by atoms with Gasteiger partial charge in [0.2, 0.25) is 0 Å². The van der Waals surface area contributed by atoms with Gasteiger partial charge < -0.3 is 0 Å². The van der Waals surface area contributed by atoms with E-state index in [0.717, 1.165) is 0 Å². The molecular weight excluding hydrogens is 132 g/mol. The molecule has 11 heavy (non-hydrogen) atoms. The van der Waals surface area contributed by atoms with Crippen molar-refractivity contribution in [3.63, 3.8) is 0 Å². The van der Waals surface area contributed by atoms with Crippen LogP contribution in [-0.2, 0) is 0 Å². The molecule has 0 aliphatic heterocycles. The Kier molecular flexibility index (Phi) is 1.46. The van der Waals surface area contributed by atoms with Crippen LogP contribution in [0, 0.1) is 6.42 Å². The van der Waals surface area contributed by atoms with Crippen LogP contribution >= 0.6 is 0 Å². The molecule has 1 aliphatic carbocycles. The molecule has 0 saturated carbocycles. The molecule has 54 valence electrons. The van der Waals surface area contributed by atoms with Gasteiger partial charge in [0.25, 0.3) is 0 Å². The summed E-state index contributed by atoms with van der Waals surface area (Å²) in [5, 5.41) is 0. The van der Waals surface area contributed by atoms with Crippen LogP contribution in [0.5, 0.6) is 0 Å². The molecule has 1 aromatic carbocycles. The molecule has 0 nitrogen and oxygen atoms in total. The summed E-state index contributed by atoms with van der Waals surface area (Å²) >= 11 is 0. The van der Waals surface area contributed by atoms with Crippen molar-refractivity contribution in [3.8, 4) is 0 Å². The predicted octanol–water partition coefficient (Wildman–Crippen LogP) is 2.91. The SMILES string of the molecule is CC1C=C[CH+]c2ccccc21. The molecule has 0 radical (unpaired) electrons. The fourth-order valence-corrected chi connectivity index (χ4v) is 1.51. The maximum absolute atomic E-state index is 2.22. The van der Waals surface area contributed by atoms with E-state index in [1.54, 1.807) is 0 Å². The number of rotatable bonds is 0. The van der Waals surface area contributed by atoms with Crippen molar-refractivity contribution in [1.29, 1.82) is 0 Å². The molecule has 1 aromatic rings. The first-order valence-corrected chi connectivity index (χ1v) is 3.98. The summed E-state index contributed by atoms with van der Waals surface area (Å²) in [5.74, 6) is 0.580. The van der Waals surface area contributed by atoms with Crippen molar-refractivity contribution < 1.29 is 0 Å². The van der Waals surface area contributed by atoms with Crippen molar-refractivity contribution >= 4 is 0 Å². The Balaban J connectivity index is 2.50. The highest BCUT2D eigenvalue weighted by atomic mass is 14.1. The minimum Gasteiger partial charge on any atom is -0.0422 e. The lowest BCUT2D eigenvalue weighted by Crippen LogP contribution is -1.98. The van der Waals surface area contributed by atoms with Crippen LogP contribution in [0.2, 0.25) is 0 Å². The number of fused-ring (bicyclic) bond motifs is 1. The summed E-state index contributed by atoms with van der Waals surface area (Å²) in [7, 11) is 0. The lowest BCUT2D eigenvalue weighted by Gasteiger charge is -2.08. The molecule has 0 amide bonds. The number of allylic oxidation sites excluding steroid dienone is 2. The van der Waals surface area contributed by atoms with Crippen molar-refractivity contribution in [2.45, 2.75) is 12.8 Å². The van der Waals surface area contributed by atoms with Gasteiger partial charge >= 0.3 is 0 Å². The molecule has 0 heteroatoms. The largest absolute Gasteiger partial charge is 0.0997 e. The third-order valence-corrected chi connectivity index (χ3v) is 2.16. The van der Waals surface area contributed by atoms with E-state index < -0.39 is 0 Å². The van der Waals surface area contributed by atoms with Crippen LogP contribution in [0.4, 0.5) is 0 Å². The van der Waals surface area contributed by atoms with Gasteiger partial charge in [0, 0.05) is 18.6 Å². The first kappa shape index (κ1) is 6.53. The smallest absolute Gasteiger partial charge is 0.0422 e. The second-order valence-corrected chi connectivity index (χ2v) is 2.97. The summed E-state index contributed by atoms with van der Waals surface area (Å²) < 4.78 is 0. The van der Waals surface area contributed by atoms with Gasteiger partial charge in [0.1, 0.15) is 0 Å². The van der Waals surface area contributed by atoms with Crippen molar-refractivity contribution in [3.05, 3.63) is 54.0 Å². The first-order chi connectivity index (χ1) is 5.38. The molecule has 1 unspecified atom stereocenters. The Morgan fingerprint density at radius 1 is 1.27 bits per heavy atom. The maximum Gasteiger partial charge on any atom is 0.0997 e. The molecule has 0 fully saturated rings. The molecule has 0 saturated heterocycles. The second kappa shape index (κ2) is 2.46. The van der Waals surface area contributed by atoms with Crippen LogP contribution in [0.15, 0.2) is 36.4 Å². The average molecular weight is 143 g/mol. The molecule has 1 aliphatic rings. The lowest BCUT2D eigenvalue weighted by atomic mass is 9.89.